The number of esters is 2. The summed E-state index contributed by atoms with van der Waals surface area (Å²) in [5, 5.41) is -4.71. The van der Waals surface area contributed by atoms with E-state index in [-0.39, 0.29) is 12.0 Å². The Hall–Kier alpha value is -1.86. The molecule has 6 atom stereocenters. The number of hydrogen-bond donors (Lipinski definition) is 1. The maximum Gasteiger partial charge on any atom is 0.402 e. The number of rotatable bonds is 7. The second-order valence-electron chi connectivity index (χ2n) is 9.40. The summed E-state index contributed by atoms with van der Waals surface area (Å²) in [6.07, 6.45) is 1.33. The highest BCUT2D eigenvalue weighted by Gasteiger charge is 2.73. The Balaban J connectivity index is 1.56. The van der Waals surface area contributed by atoms with Crippen molar-refractivity contribution in [3.05, 3.63) is 0 Å². The smallest absolute Gasteiger partial charge is 0.402 e. The van der Waals surface area contributed by atoms with Gasteiger partial charge in [0, 0.05) is 6.04 Å². The van der Waals surface area contributed by atoms with E-state index in [1.54, 1.807) is 13.8 Å². The zero-order valence-corrected chi connectivity index (χ0v) is 19.0. The van der Waals surface area contributed by atoms with Crippen LogP contribution in [-0.4, -0.2) is 78.0 Å². The lowest BCUT2D eigenvalue weighted by Gasteiger charge is -2.34. The zero-order valence-electron chi connectivity index (χ0n) is 18.2. The van der Waals surface area contributed by atoms with Gasteiger partial charge in [0.05, 0.1) is 24.0 Å². The number of carbonyl (C=O) groups is 3. The predicted octanol–water partition coefficient (Wildman–Crippen LogP) is 1.13. The second-order valence-corrected chi connectivity index (χ2v) is 11.0. The first-order valence-electron chi connectivity index (χ1n) is 11.0. The van der Waals surface area contributed by atoms with Gasteiger partial charge in [0.15, 0.2) is 12.7 Å². The molecule has 0 aromatic carbocycles. The summed E-state index contributed by atoms with van der Waals surface area (Å²) in [6.45, 7) is 1.61. The molecule has 33 heavy (non-hydrogen) atoms. The van der Waals surface area contributed by atoms with Gasteiger partial charge in [0.1, 0.15) is 12.0 Å². The van der Waals surface area contributed by atoms with Crippen LogP contribution in [0, 0.1) is 17.8 Å². The van der Waals surface area contributed by atoms with E-state index in [1.165, 1.54) is 4.90 Å². The summed E-state index contributed by atoms with van der Waals surface area (Å²) in [4.78, 5) is 40.1. The largest absolute Gasteiger partial charge is 0.458 e. The zero-order chi connectivity index (χ0) is 24.3. The van der Waals surface area contributed by atoms with Gasteiger partial charge in [0.25, 0.3) is 0 Å². The van der Waals surface area contributed by atoms with E-state index < -0.39 is 76.0 Å². The first-order valence-corrected chi connectivity index (χ1v) is 12.5. The Morgan fingerprint density at radius 1 is 1.18 bits per heavy atom. The third-order valence-corrected chi connectivity index (χ3v) is 7.92. The number of hydrogen-bond acceptors (Lipinski definition) is 8. The van der Waals surface area contributed by atoms with Crippen LogP contribution in [0.15, 0.2) is 0 Å². The summed E-state index contributed by atoms with van der Waals surface area (Å²) in [6, 6.07) is -0.907. The Labute approximate surface area is 189 Å². The normalized spacial score (nSPS) is 34.2. The van der Waals surface area contributed by atoms with Gasteiger partial charge in [-0.25, -0.2) is 0 Å². The van der Waals surface area contributed by atoms with E-state index >= 15 is 0 Å². The van der Waals surface area contributed by atoms with Crippen molar-refractivity contribution < 1.29 is 50.3 Å². The number of ether oxygens (including phenoxy) is 3. The molecular formula is C20H27F2NO9S. The topological polar surface area (TPSA) is 137 Å². The van der Waals surface area contributed by atoms with Crippen LogP contribution in [0.2, 0.25) is 0 Å². The summed E-state index contributed by atoms with van der Waals surface area (Å²) < 4.78 is 73.5. The van der Waals surface area contributed by atoms with E-state index in [0.717, 1.165) is 19.3 Å². The first kappa shape index (κ1) is 24.3. The molecule has 186 valence electrons. The van der Waals surface area contributed by atoms with E-state index in [2.05, 4.69) is 4.74 Å². The van der Waals surface area contributed by atoms with Crippen LogP contribution in [0.4, 0.5) is 8.78 Å². The van der Waals surface area contributed by atoms with Crippen molar-refractivity contribution >= 4 is 28.0 Å². The molecule has 0 radical (unpaired) electrons. The van der Waals surface area contributed by atoms with Gasteiger partial charge in [-0.05, 0) is 26.7 Å². The lowest BCUT2D eigenvalue weighted by molar-refractivity contribution is -0.168. The van der Waals surface area contributed by atoms with Gasteiger partial charge < -0.3 is 19.1 Å². The third-order valence-electron chi connectivity index (χ3n) is 7.05. The van der Waals surface area contributed by atoms with Crippen LogP contribution in [0.3, 0.4) is 0 Å². The Bertz CT molecular complexity index is 934. The third kappa shape index (κ3) is 4.01. The molecule has 1 amide bonds. The van der Waals surface area contributed by atoms with Gasteiger partial charge in [-0.2, -0.15) is 17.2 Å². The number of amides is 1. The fraction of sp³-hybridized carbons (Fsp3) is 0.850. The van der Waals surface area contributed by atoms with Crippen LogP contribution in [0.5, 0.6) is 0 Å². The van der Waals surface area contributed by atoms with Crippen molar-refractivity contribution in [1.82, 2.24) is 4.90 Å². The summed E-state index contributed by atoms with van der Waals surface area (Å²) in [7, 11) is -5.80. The minimum atomic E-state index is -5.80. The van der Waals surface area contributed by atoms with Gasteiger partial charge in [0.2, 0.25) is 5.91 Å². The van der Waals surface area contributed by atoms with Gasteiger partial charge in [-0.1, -0.05) is 19.3 Å². The molecule has 4 fully saturated rings. The Morgan fingerprint density at radius 3 is 2.39 bits per heavy atom. The quantitative estimate of drug-likeness (QED) is 0.407. The molecule has 2 bridgehead atoms. The van der Waals surface area contributed by atoms with Gasteiger partial charge in [-0.15, -0.1) is 0 Å². The molecule has 10 nitrogen and oxygen atoms in total. The second kappa shape index (κ2) is 8.42. The summed E-state index contributed by atoms with van der Waals surface area (Å²) >= 11 is 0. The highest BCUT2D eigenvalue weighted by molar-refractivity contribution is 7.86. The van der Waals surface area contributed by atoms with Crippen LogP contribution in [0.1, 0.15) is 46.0 Å². The molecule has 1 N–H and O–H groups in total. The van der Waals surface area contributed by atoms with Crippen LogP contribution >= 0.6 is 0 Å². The van der Waals surface area contributed by atoms with E-state index in [1.807, 2.05) is 0 Å². The Morgan fingerprint density at radius 2 is 1.82 bits per heavy atom. The minimum Gasteiger partial charge on any atom is -0.458 e. The number of alkyl halides is 2. The SMILES string of the molecule is CC(C)N1C(=O)C2C3OC(C(OC(=O)C4CCCCC4)C31)C2C(=O)OCC(F)(F)S(=O)(=O)O. The van der Waals surface area contributed by atoms with Gasteiger partial charge in [-0.3, -0.25) is 18.9 Å². The summed E-state index contributed by atoms with van der Waals surface area (Å²) in [5.74, 6) is -4.81. The average molecular weight is 495 g/mol. The molecule has 0 spiro atoms. The monoisotopic (exact) mass is 495 g/mol. The van der Waals surface area contributed by atoms with Crippen molar-refractivity contribution in [3.63, 3.8) is 0 Å². The molecular weight excluding hydrogens is 468 g/mol. The Kier molecular flexibility index (Phi) is 6.19. The van der Waals surface area contributed by atoms with E-state index in [4.69, 9.17) is 14.0 Å². The van der Waals surface area contributed by atoms with Crippen molar-refractivity contribution in [2.24, 2.45) is 17.8 Å². The molecule has 13 heteroatoms. The van der Waals surface area contributed by atoms with Crippen molar-refractivity contribution in [2.75, 3.05) is 6.61 Å². The van der Waals surface area contributed by atoms with E-state index in [0.29, 0.717) is 12.8 Å². The maximum atomic E-state index is 13.6. The van der Waals surface area contributed by atoms with Gasteiger partial charge >= 0.3 is 27.3 Å². The number of halogens is 2. The number of likely N-dealkylation sites (tertiary alicyclic amines) is 1. The molecule has 0 aromatic rings. The fourth-order valence-electron chi connectivity index (χ4n) is 5.56. The van der Waals surface area contributed by atoms with Crippen molar-refractivity contribution in [1.29, 1.82) is 0 Å². The lowest BCUT2D eigenvalue weighted by atomic mass is 9.78. The molecule has 1 aliphatic carbocycles. The molecule has 1 saturated carbocycles. The average Bonchev–Trinajstić information content (AvgIpc) is 3.34. The molecule has 3 heterocycles. The predicted molar refractivity (Wildman–Crippen MR) is 105 cm³/mol. The van der Waals surface area contributed by atoms with Crippen molar-refractivity contribution in [3.8, 4) is 0 Å². The number of carbonyl (C=O) groups excluding carboxylic acids is 3. The number of fused-ring (bicyclic) bond motifs is 1. The van der Waals surface area contributed by atoms with Crippen LogP contribution in [0.25, 0.3) is 0 Å². The molecule has 3 saturated heterocycles. The molecule has 4 aliphatic rings. The maximum absolute atomic E-state index is 13.6. The molecule has 0 aromatic heterocycles. The van der Waals surface area contributed by atoms with Crippen LogP contribution < -0.4 is 0 Å². The molecule has 4 rings (SSSR count). The lowest BCUT2D eigenvalue weighted by Crippen LogP contribution is -2.52. The van der Waals surface area contributed by atoms with Crippen molar-refractivity contribution in [2.45, 2.75) is 81.6 Å². The number of nitrogens with zero attached hydrogens (tertiary/aromatic N) is 1. The standard InChI is InChI=1S/C20H27F2NO9S/c1-9(2)23-13-14-11(17(23)24)12(19(26)30-8-20(21,22)33(27,28)29)15(31-14)16(13)32-18(25)10-6-4-3-5-7-10/h9-16H,3-8H2,1-2H3,(H,27,28,29). The summed E-state index contributed by atoms with van der Waals surface area (Å²) in [5.41, 5.74) is 0. The highest BCUT2D eigenvalue weighted by atomic mass is 32.2. The van der Waals surface area contributed by atoms with Crippen LogP contribution in [-0.2, 0) is 38.7 Å². The minimum absolute atomic E-state index is 0.294. The fourth-order valence-corrected chi connectivity index (χ4v) is 5.76. The first-order chi connectivity index (χ1) is 15.3. The molecule has 3 aliphatic heterocycles. The van der Waals surface area contributed by atoms with E-state index in [9.17, 15) is 31.6 Å². The molecule has 6 unspecified atom stereocenters. The highest BCUT2D eigenvalue weighted by Crippen LogP contribution is 2.53.